The Bertz CT molecular complexity index is 885. The molecule has 2 aromatic carbocycles. The number of hydrazone groups is 1. The van der Waals surface area contributed by atoms with Crippen LogP contribution in [-0.2, 0) is 6.61 Å². The van der Waals surface area contributed by atoms with E-state index in [1.807, 2.05) is 44.2 Å². The lowest BCUT2D eigenvalue weighted by Crippen LogP contribution is -2.31. The largest absolute Gasteiger partial charge is 0.496 e. The first kappa shape index (κ1) is 23.0. The van der Waals surface area contributed by atoms with E-state index in [2.05, 4.69) is 29.7 Å². The number of hydrogen-bond donors (Lipinski definition) is 2. The second-order valence-corrected chi connectivity index (χ2v) is 7.70. The van der Waals surface area contributed by atoms with E-state index in [1.54, 1.807) is 13.3 Å². The van der Waals surface area contributed by atoms with Gasteiger partial charge in [-0.2, -0.15) is 5.10 Å². The van der Waals surface area contributed by atoms with Crippen molar-refractivity contribution in [2.24, 2.45) is 5.10 Å². The maximum atomic E-state index is 6.30. The van der Waals surface area contributed by atoms with Crippen molar-refractivity contribution < 1.29 is 9.47 Å². The van der Waals surface area contributed by atoms with Gasteiger partial charge in [0, 0.05) is 17.1 Å². The van der Waals surface area contributed by atoms with Gasteiger partial charge in [0.2, 0.25) is 0 Å². The Morgan fingerprint density at radius 1 is 1.24 bits per heavy atom. The molecule has 0 unspecified atom stereocenters. The third-order valence-electron chi connectivity index (χ3n) is 4.32. The Morgan fingerprint density at radius 3 is 2.66 bits per heavy atom. The number of halogens is 1. The van der Waals surface area contributed by atoms with Gasteiger partial charge >= 0.3 is 0 Å². The van der Waals surface area contributed by atoms with E-state index in [9.17, 15) is 0 Å². The number of rotatable bonds is 8. The highest BCUT2D eigenvalue weighted by atomic mass is 35.5. The van der Waals surface area contributed by atoms with Crippen molar-refractivity contribution in [3.63, 3.8) is 0 Å². The SMILES string of the molecule is CCNC(=S)N/N=C\c1ccc(OC)c(COc2cc(C)c(Cl)cc2C(C)C)c1. The maximum absolute atomic E-state index is 6.30. The molecule has 0 aliphatic heterocycles. The zero-order valence-electron chi connectivity index (χ0n) is 17.5. The number of methoxy groups -OCH3 is 1. The van der Waals surface area contributed by atoms with E-state index >= 15 is 0 Å². The molecular formula is C22H28ClN3O2S. The van der Waals surface area contributed by atoms with Gasteiger partial charge in [0.1, 0.15) is 18.1 Å². The molecule has 0 heterocycles. The second kappa shape index (κ2) is 11.0. The molecule has 7 heteroatoms. The Labute approximate surface area is 183 Å². The van der Waals surface area contributed by atoms with E-state index in [0.29, 0.717) is 17.6 Å². The summed E-state index contributed by atoms with van der Waals surface area (Å²) in [6.45, 7) is 9.30. The van der Waals surface area contributed by atoms with Crippen LogP contribution in [0, 0.1) is 6.92 Å². The van der Waals surface area contributed by atoms with Crippen LogP contribution in [0.4, 0.5) is 0 Å². The molecular weight excluding hydrogens is 406 g/mol. The summed E-state index contributed by atoms with van der Waals surface area (Å²) >= 11 is 11.4. The van der Waals surface area contributed by atoms with Crippen molar-refractivity contribution >= 4 is 35.1 Å². The van der Waals surface area contributed by atoms with Crippen LogP contribution in [0.2, 0.25) is 5.02 Å². The number of thiocarbonyl (C=S) groups is 1. The van der Waals surface area contributed by atoms with E-state index in [1.165, 1.54) is 0 Å². The van der Waals surface area contributed by atoms with Crippen molar-refractivity contribution in [1.29, 1.82) is 0 Å². The second-order valence-electron chi connectivity index (χ2n) is 6.88. The molecule has 0 saturated heterocycles. The van der Waals surface area contributed by atoms with Gasteiger partial charge in [0.15, 0.2) is 5.11 Å². The molecule has 0 saturated carbocycles. The number of hydrogen-bond acceptors (Lipinski definition) is 4. The zero-order chi connectivity index (χ0) is 21.4. The summed E-state index contributed by atoms with van der Waals surface area (Å²) in [4.78, 5) is 0. The maximum Gasteiger partial charge on any atom is 0.186 e. The fourth-order valence-corrected chi connectivity index (χ4v) is 3.13. The monoisotopic (exact) mass is 433 g/mol. The van der Waals surface area contributed by atoms with Crippen molar-refractivity contribution in [2.45, 2.75) is 40.2 Å². The molecule has 0 aliphatic carbocycles. The minimum atomic E-state index is 0.301. The summed E-state index contributed by atoms with van der Waals surface area (Å²) in [5, 5.41) is 8.37. The number of ether oxygens (including phenoxy) is 2. The molecule has 0 fully saturated rings. The lowest BCUT2D eigenvalue weighted by Gasteiger charge is -2.17. The summed E-state index contributed by atoms with van der Waals surface area (Å²) in [5.41, 5.74) is 6.69. The number of nitrogens with zero attached hydrogens (tertiary/aromatic N) is 1. The third-order valence-corrected chi connectivity index (χ3v) is 4.96. The molecule has 2 rings (SSSR count). The van der Waals surface area contributed by atoms with Gasteiger partial charge in [0.25, 0.3) is 0 Å². The molecule has 2 aromatic rings. The molecule has 0 spiro atoms. The van der Waals surface area contributed by atoms with Crippen LogP contribution >= 0.6 is 23.8 Å². The highest BCUT2D eigenvalue weighted by molar-refractivity contribution is 7.80. The molecule has 0 aromatic heterocycles. The molecule has 5 nitrogen and oxygen atoms in total. The van der Waals surface area contributed by atoms with Gasteiger partial charge in [-0.15, -0.1) is 0 Å². The van der Waals surface area contributed by atoms with Crippen molar-refractivity contribution in [1.82, 2.24) is 10.7 Å². The lowest BCUT2D eigenvalue weighted by molar-refractivity contribution is 0.292. The van der Waals surface area contributed by atoms with Gasteiger partial charge in [-0.3, -0.25) is 5.43 Å². The highest BCUT2D eigenvalue weighted by Gasteiger charge is 2.13. The topological polar surface area (TPSA) is 54.9 Å². The lowest BCUT2D eigenvalue weighted by atomic mass is 10.0. The Kier molecular flexibility index (Phi) is 8.73. The number of benzene rings is 2. The minimum Gasteiger partial charge on any atom is -0.496 e. The summed E-state index contributed by atoms with van der Waals surface area (Å²) in [5.74, 6) is 1.89. The fraction of sp³-hybridized carbons (Fsp3) is 0.364. The third kappa shape index (κ3) is 6.61. The van der Waals surface area contributed by atoms with Crippen LogP contribution in [0.5, 0.6) is 11.5 Å². The molecule has 0 bridgehead atoms. The van der Waals surface area contributed by atoms with Crippen molar-refractivity contribution in [3.05, 3.63) is 57.6 Å². The average molecular weight is 434 g/mol. The summed E-state index contributed by atoms with van der Waals surface area (Å²) in [6.07, 6.45) is 1.71. The number of nitrogens with one attached hydrogen (secondary N) is 2. The number of aryl methyl sites for hydroxylation is 1. The normalized spacial score (nSPS) is 11.0. The zero-order valence-corrected chi connectivity index (χ0v) is 19.1. The highest BCUT2D eigenvalue weighted by Crippen LogP contribution is 2.33. The molecule has 0 amide bonds. The predicted molar refractivity (Wildman–Crippen MR) is 125 cm³/mol. The molecule has 2 N–H and O–H groups in total. The summed E-state index contributed by atoms with van der Waals surface area (Å²) in [7, 11) is 1.65. The van der Waals surface area contributed by atoms with Gasteiger partial charge in [-0.25, -0.2) is 0 Å². The van der Waals surface area contributed by atoms with E-state index in [4.69, 9.17) is 33.3 Å². The van der Waals surface area contributed by atoms with Crippen LogP contribution in [0.15, 0.2) is 35.4 Å². The van der Waals surface area contributed by atoms with E-state index in [0.717, 1.165) is 45.3 Å². The first-order valence-corrected chi connectivity index (χ1v) is 10.3. The average Bonchev–Trinajstić information content (AvgIpc) is 2.68. The predicted octanol–water partition coefficient (Wildman–Crippen LogP) is 5.18. The quantitative estimate of drug-likeness (QED) is 0.341. The van der Waals surface area contributed by atoms with Crippen molar-refractivity contribution in [3.8, 4) is 11.5 Å². The summed E-state index contributed by atoms with van der Waals surface area (Å²) in [6, 6.07) is 9.78. The molecule has 0 aliphatic rings. The first-order chi connectivity index (χ1) is 13.8. The van der Waals surface area contributed by atoms with E-state index in [-0.39, 0.29) is 0 Å². The molecule has 0 radical (unpaired) electrons. The van der Waals surface area contributed by atoms with Gasteiger partial charge in [0.05, 0.1) is 13.3 Å². The molecule has 29 heavy (non-hydrogen) atoms. The van der Waals surface area contributed by atoms with Crippen LogP contribution < -0.4 is 20.2 Å². The molecule has 0 atom stereocenters. The minimum absolute atomic E-state index is 0.301. The van der Waals surface area contributed by atoms with Gasteiger partial charge in [-0.05, 0) is 79.0 Å². The van der Waals surface area contributed by atoms with Crippen LogP contribution in [-0.4, -0.2) is 25.0 Å². The van der Waals surface area contributed by atoms with Crippen molar-refractivity contribution in [2.75, 3.05) is 13.7 Å². The summed E-state index contributed by atoms with van der Waals surface area (Å²) < 4.78 is 11.7. The molecule has 156 valence electrons. The van der Waals surface area contributed by atoms with Crippen LogP contribution in [0.1, 0.15) is 48.9 Å². The van der Waals surface area contributed by atoms with Gasteiger partial charge < -0.3 is 14.8 Å². The Morgan fingerprint density at radius 2 is 2.00 bits per heavy atom. The Balaban J connectivity index is 2.19. The smallest absolute Gasteiger partial charge is 0.186 e. The standard InChI is InChI=1S/C22H28ClN3O2S/c1-6-24-22(29)26-25-12-16-7-8-20(27-5)17(10-16)13-28-21-9-15(4)19(23)11-18(21)14(2)3/h7-12,14H,6,13H2,1-5H3,(H2,24,26,29)/b25-12-. The fourth-order valence-electron chi connectivity index (χ4n) is 2.76. The van der Waals surface area contributed by atoms with Crippen LogP contribution in [0.3, 0.4) is 0 Å². The van der Waals surface area contributed by atoms with Gasteiger partial charge in [-0.1, -0.05) is 25.4 Å². The van der Waals surface area contributed by atoms with E-state index < -0.39 is 0 Å². The first-order valence-electron chi connectivity index (χ1n) is 9.52. The Hall–Kier alpha value is -2.31. The van der Waals surface area contributed by atoms with Crippen LogP contribution in [0.25, 0.3) is 0 Å².